The summed E-state index contributed by atoms with van der Waals surface area (Å²) in [5, 5.41) is 2.99. The van der Waals surface area contributed by atoms with Crippen LogP contribution in [0.3, 0.4) is 0 Å². The van der Waals surface area contributed by atoms with Gasteiger partial charge in [-0.2, -0.15) is 0 Å². The molecule has 0 atom stereocenters. The molecule has 0 saturated carbocycles. The van der Waals surface area contributed by atoms with Crippen molar-refractivity contribution in [1.82, 2.24) is 4.98 Å². The van der Waals surface area contributed by atoms with Crippen molar-refractivity contribution in [3.05, 3.63) is 59.6 Å². The third-order valence-electron chi connectivity index (χ3n) is 3.23. The van der Waals surface area contributed by atoms with E-state index < -0.39 is 0 Å². The summed E-state index contributed by atoms with van der Waals surface area (Å²) in [5.74, 6) is 1.50. The van der Waals surface area contributed by atoms with E-state index in [4.69, 9.17) is 15.2 Å². The molecular formula is C18H18N2O2S. The van der Waals surface area contributed by atoms with E-state index in [2.05, 4.69) is 4.98 Å². The second-order valence-corrected chi connectivity index (χ2v) is 5.91. The molecular weight excluding hydrogens is 308 g/mol. The second-order valence-electron chi connectivity index (χ2n) is 5.06. The largest absolute Gasteiger partial charge is 0.490 e. The van der Waals surface area contributed by atoms with E-state index in [1.54, 1.807) is 11.3 Å². The minimum absolute atomic E-state index is 0.439. The number of para-hydroxylation sites is 1. The molecule has 0 saturated heterocycles. The van der Waals surface area contributed by atoms with Crippen molar-refractivity contribution in [2.75, 3.05) is 18.9 Å². The Hall–Kier alpha value is -2.53. The standard InChI is InChI=1S/C18H18N2O2S/c1-13-12-23-18(20-13)14-7-8-17(16(19)11-14)22-10-9-21-15-5-3-2-4-6-15/h2-8,11-12H,9-10,19H2,1H3. The maximum atomic E-state index is 6.07. The minimum Gasteiger partial charge on any atom is -0.490 e. The fourth-order valence-electron chi connectivity index (χ4n) is 2.13. The lowest BCUT2D eigenvalue weighted by Gasteiger charge is -2.11. The van der Waals surface area contributed by atoms with Crippen molar-refractivity contribution < 1.29 is 9.47 Å². The number of rotatable bonds is 6. The molecule has 2 N–H and O–H groups in total. The van der Waals surface area contributed by atoms with E-state index in [0.717, 1.165) is 22.0 Å². The van der Waals surface area contributed by atoms with Gasteiger partial charge >= 0.3 is 0 Å². The average Bonchev–Trinajstić information content (AvgIpc) is 3.00. The highest BCUT2D eigenvalue weighted by Crippen LogP contribution is 2.30. The second kappa shape index (κ2) is 7.15. The molecule has 1 aromatic heterocycles. The zero-order valence-corrected chi connectivity index (χ0v) is 13.7. The molecule has 23 heavy (non-hydrogen) atoms. The number of nitrogen functional groups attached to an aromatic ring is 1. The number of hydrogen-bond acceptors (Lipinski definition) is 5. The van der Waals surface area contributed by atoms with Crippen molar-refractivity contribution in [3.8, 4) is 22.1 Å². The van der Waals surface area contributed by atoms with Crippen LogP contribution >= 0.6 is 11.3 Å². The van der Waals surface area contributed by atoms with E-state index >= 15 is 0 Å². The summed E-state index contributed by atoms with van der Waals surface area (Å²) in [5.41, 5.74) is 8.70. The maximum Gasteiger partial charge on any atom is 0.142 e. The zero-order valence-electron chi connectivity index (χ0n) is 12.9. The van der Waals surface area contributed by atoms with Gasteiger partial charge in [-0.15, -0.1) is 11.3 Å². The quantitative estimate of drug-likeness (QED) is 0.546. The normalized spacial score (nSPS) is 10.5. The van der Waals surface area contributed by atoms with E-state index in [1.165, 1.54) is 0 Å². The number of anilines is 1. The predicted octanol–water partition coefficient (Wildman–Crippen LogP) is 4.16. The number of nitrogens with zero attached hydrogens (tertiary/aromatic N) is 1. The van der Waals surface area contributed by atoms with Gasteiger partial charge in [-0.25, -0.2) is 4.98 Å². The number of thiazole rings is 1. The van der Waals surface area contributed by atoms with Gasteiger partial charge < -0.3 is 15.2 Å². The maximum absolute atomic E-state index is 6.07. The first-order valence-corrected chi connectivity index (χ1v) is 8.23. The van der Waals surface area contributed by atoms with Gasteiger partial charge in [0, 0.05) is 16.6 Å². The van der Waals surface area contributed by atoms with Crippen molar-refractivity contribution in [3.63, 3.8) is 0 Å². The SMILES string of the molecule is Cc1csc(-c2ccc(OCCOc3ccccc3)c(N)c2)n1. The van der Waals surface area contributed by atoms with Crippen LogP contribution in [-0.4, -0.2) is 18.2 Å². The van der Waals surface area contributed by atoms with Crippen LogP contribution in [0.15, 0.2) is 53.9 Å². The number of aromatic nitrogens is 1. The molecule has 3 rings (SSSR count). The molecule has 0 aliphatic rings. The predicted molar refractivity (Wildman–Crippen MR) is 94.1 cm³/mol. The highest BCUT2D eigenvalue weighted by Gasteiger charge is 2.07. The monoisotopic (exact) mass is 326 g/mol. The molecule has 0 aliphatic heterocycles. The summed E-state index contributed by atoms with van der Waals surface area (Å²) in [6, 6.07) is 15.4. The molecule has 0 unspecified atom stereocenters. The van der Waals surface area contributed by atoms with Crippen LogP contribution in [0, 0.1) is 6.92 Å². The van der Waals surface area contributed by atoms with Crippen LogP contribution in [0.5, 0.6) is 11.5 Å². The van der Waals surface area contributed by atoms with Gasteiger partial charge in [-0.3, -0.25) is 0 Å². The Labute approximate surface area is 139 Å². The fraction of sp³-hybridized carbons (Fsp3) is 0.167. The van der Waals surface area contributed by atoms with Gasteiger partial charge in [0.25, 0.3) is 0 Å². The van der Waals surface area contributed by atoms with Crippen LogP contribution < -0.4 is 15.2 Å². The molecule has 0 aliphatic carbocycles. The summed E-state index contributed by atoms with van der Waals surface area (Å²) in [6.07, 6.45) is 0. The van der Waals surface area contributed by atoms with Gasteiger partial charge in [-0.05, 0) is 37.3 Å². The minimum atomic E-state index is 0.439. The third kappa shape index (κ3) is 4.02. The summed E-state index contributed by atoms with van der Waals surface area (Å²) in [4.78, 5) is 4.46. The van der Waals surface area contributed by atoms with Crippen molar-refractivity contribution in [2.45, 2.75) is 6.92 Å². The Bertz CT molecular complexity index is 772. The van der Waals surface area contributed by atoms with Crippen LogP contribution in [0.25, 0.3) is 10.6 Å². The summed E-state index contributed by atoms with van der Waals surface area (Å²) in [7, 11) is 0. The number of benzene rings is 2. The molecule has 4 nitrogen and oxygen atoms in total. The Morgan fingerprint density at radius 3 is 2.52 bits per heavy atom. The number of aryl methyl sites for hydroxylation is 1. The van der Waals surface area contributed by atoms with Gasteiger partial charge in [0.15, 0.2) is 0 Å². The third-order valence-corrected chi connectivity index (χ3v) is 4.24. The Morgan fingerprint density at radius 1 is 1.04 bits per heavy atom. The zero-order chi connectivity index (χ0) is 16.1. The molecule has 3 aromatic rings. The van der Waals surface area contributed by atoms with Gasteiger partial charge in [0.05, 0.1) is 5.69 Å². The lowest BCUT2D eigenvalue weighted by molar-refractivity contribution is 0.218. The average molecular weight is 326 g/mol. The molecule has 0 fully saturated rings. The molecule has 5 heteroatoms. The Kier molecular flexibility index (Phi) is 4.78. The highest BCUT2D eigenvalue weighted by atomic mass is 32.1. The molecule has 0 bridgehead atoms. The fourth-order valence-corrected chi connectivity index (χ4v) is 2.92. The topological polar surface area (TPSA) is 57.4 Å². The lowest BCUT2D eigenvalue weighted by Crippen LogP contribution is -2.09. The number of hydrogen-bond donors (Lipinski definition) is 1. The van der Waals surface area contributed by atoms with Crippen LogP contribution in [0.2, 0.25) is 0 Å². The Balaban J connectivity index is 1.56. The number of ether oxygens (including phenoxy) is 2. The van der Waals surface area contributed by atoms with E-state index in [0.29, 0.717) is 24.7 Å². The van der Waals surface area contributed by atoms with Crippen LogP contribution in [0.1, 0.15) is 5.69 Å². The highest BCUT2D eigenvalue weighted by molar-refractivity contribution is 7.13. The first kappa shape index (κ1) is 15.4. The first-order chi connectivity index (χ1) is 11.2. The molecule has 2 aromatic carbocycles. The van der Waals surface area contributed by atoms with Crippen LogP contribution in [-0.2, 0) is 0 Å². The van der Waals surface area contributed by atoms with E-state index in [1.807, 2.05) is 60.8 Å². The van der Waals surface area contributed by atoms with Gasteiger partial charge in [0.2, 0.25) is 0 Å². The number of nitrogens with two attached hydrogens (primary N) is 1. The molecule has 118 valence electrons. The smallest absolute Gasteiger partial charge is 0.142 e. The molecule has 0 spiro atoms. The summed E-state index contributed by atoms with van der Waals surface area (Å²) >= 11 is 1.61. The van der Waals surface area contributed by atoms with Gasteiger partial charge in [0.1, 0.15) is 29.7 Å². The summed E-state index contributed by atoms with van der Waals surface area (Å²) < 4.78 is 11.3. The summed E-state index contributed by atoms with van der Waals surface area (Å²) in [6.45, 7) is 2.89. The van der Waals surface area contributed by atoms with E-state index in [9.17, 15) is 0 Å². The van der Waals surface area contributed by atoms with E-state index in [-0.39, 0.29) is 0 Å². The van der Waals surface area contributed by atoms with Gasteiger partial charge in [-0.1, -0.05) is 18.2 Å². The molecule has 0 radical (unpaired) electrons. The van der Waals surface area contributed by atoms with Crippen molar-refractivity contribution in [2.24, 2.45) is 0 Å². The van der Waals surface area contributed by atoms with Crippen molar-refractivity contribution in [1.29, 1.82) is 0 Å². The molecule has 0 amide bonds. The van der Waals surface area contributed by atoms with Crippen molar-refractivity contribution >= 4 is 17.0 Å². The molecule has 1 heterocycles. The first-order valence-electron chi connectivity index (χ1n) is 7.35. The Morgan fingerprint density at radius 2 is 1.83 bits per heavy atom. The van der Waals surface area contributed by atoms with Crippen LogP contribution in [0.4, 0.5) is 5.69 Å². The lowest BCUT2D eigenvalue weighted by atomic mass is 10.2.